The van der Waals surface area contributed by atoms with Crippen molar-refractivity contribution in [2.24, 2.45) is 0 Å². The molecule has 1 atom stereocenters. The molecule has 0 spiro atoms. The Kier molecular flexibility index (Phi) is 4.27. The van der Waals surface area contributed by atoms with E-state index in [2.05, 4.69) is 17.1 Å². The van der Waals surface area contributed by atoms with E-state index >= 15 is 0 Å². The van der Waals surface area contributed by atoms with E-state index in [1.54, 1.807) is 18.2 Å². The molecule has 1 saturated heterocycles. The Labute approximate surface area is 113 Å². The highest BCUT2D eigenvalue weighted by molar-refractivity contribution is 5.99. The van der Waals surface area contributed by atoms with Crippen LogP contribution >= 0.6 is 0 Å². The van der Waals surface area contributed by atoms with Gasteiger partial charge in [-0.15, -0.1) is 0 Å². The Bertz CT molecular complexity index is 455. The number of carbonyl (C=O) groups excluding carboxylic acids is 1. The molecule has 19 heavy (non-hydrogen) atoms. The molecule has 0 radical (unpaired) electrons. The van der Waals surface area contributed by atoms with Crippen LogP contribution in [0.1, 0.15) is 30.1 Å². The molecule has 1 aromatic carbocycles. The number of carbonyl (C=O) groups is 1. The quantitative estimate of drug-likeness (QED) is 0.709. The average molecular weight is 262 g/mol. The third-order valence-electron chi connectivity index (χ3n) is 3.64. The van der Waals surface area contributed by atoms with Crippen molar-refractivity contribution in [3.05, 3.63) is 23.8 Å². The molecule has 1 heterocycles. The average Bonchev–Trinajstić information content (AvgIpc) is 2.89. The van der Waals surface area contributed by atoms with Gasteiger partial charge in [0.1, 0.15) is 0 Å². The molecule has 2 rings (SSSR count). The van der Waals surface area contributed by atoms with Crippen molar-refractivity contribution >= 4 is 17.3 Å². The number of hydrogen-bond donors (Lipinski definition) is 3. The molecule has 104 valence electrons. The van der Waals surface area contributed by atoms with Crippen LogP contribution in [0.2, 0.25) is 0 Å². The first kappa shape index (κ1) is 13.7. The summed E-state index contributed by atoms with van der Waals surface area (Å²) in [6, 6.07) is 5.33. The Morgan fingerprint density at radius 2 is 2.05 bits per heavy atom. The van der Waals surface area contributed by atoms with E-state index in [4.69, 9.17) is 11.5 Å². The summed E-state index contributed by atoms with van der Waals surface area (Å²) < 4.78 is 0. The summed E-state index contributed by atoms with van der Waals surface area (Å²) in [6.45, 7) is 5.03. The maximum absolute atomic E-state index is 12.0. The summed E-state index contributed by atoms with van der Waals surface area (Å²) in [5, 5.41) is 2.93. The predicted molar refractivity (Wildman–Crippen MR) is 77.9 cm³/mol. The van der Waals surface area contributed by atoms with Gasteiger partial charge in [-0.05, 0) is 51.1 Å². The Balaban J connectivity index is 1.90. The standard InChI is InChI=1S/C14H22N4O/c1-10(18-6-2-3-7-18)9-17-14(19)12-5-4-11(15)8-13(12)16/h4-5,8,10H,2-3,6-7,9,15-16H2,1H3,(H,17,19). The number of nitrogens with two attached hydrogens (primary N) is 2. The number of amides is 1. The minimum Gasteiger partial charge on any atom is -0.399 e. The number of nitrogens with one attached hydrogen (secondary N) is 1. The fourth-order valence-electron chi connectivity index (χ4n) is 2.44. The normalized spacial score (nSPS) is 17.3. The predicted octanol–water partition coefficient (Wildman–Crippen LogP) is 1.07. The van der Waals surface area contributed by atoms with Gasteiger partial charge in [-0.25, -0.2) is 0 Å². The van der Waals surface area contributed by atoms with Gasteiger partial charge in [-0.2, -0.15) is 0 Å². The van der Waals surface area contributed by atoms with E-state index in [0.717, 1.165) is 13.1 Å². The lowest BCUT2D eigenvalue weighted by atomic mass is 10.1. The summed E-state index contributed by atoms with van der Waals surface area (Å²) >= 11 is 0. The van der Waals surface area contributed by atoms with Crippen molar-refractivity contribution in [3.63, 3.8) is 0 Å². The van der Waals surface area contributed by atoms with Crippen LogP contribution in [-0.2, 0) is 0 Å². The molecule has 1 fully saturated rings. The number of rotatable bonds is 4. The fourth-order valence-corrected chi connectivity index (χ4v) is 2.44. The van der Waals surface area contributed by atoms with Gasteiger partial charge in [0, 0.05) is 24.0 Å². The van der Waals surface area contributed by atoms with Crippen LogP contribution in [0.5, 0.6) is 0 Å². The molecule has 0 aliphatic carbocycles. The van der Waals surface area contributed by atoms with Crippen LogP contribution in [0.3, 0.4) is 0 Å². The molecule has 1 unspecified atom stereocenters. The summed E-state index contributed by atoms with van der Waals surface area (Å²) in [6.07, 6.45) is 2.51. The molecule has 1 amide bonds. The molecular formula is C14H22N4O. The smallest absolute Gasteiger partial charge is 0.253 e. The number of hydrogen-bond acceptors (Lipinski definition) is 4. The van der Waals surface area contributed by atoms with E-state index in [1.165, 1.54) is 12.8 Å². The maximum Gasteiger partial charge on any atom is 0.253 e. The van der Waals surface area contributed by atoms with Gasteiger partial charge < -0.3 is 16.8 Å². The van der Waals surface area contributed by atoms with Gasteiger partial charge in [0.2, 0.25) is 0 Å². The Hall–Kier alpha value is -1.75. The highest BCUT2D eigenvalue weighted by Gasteiger charge is 2.19. The zero-order valence-corrected chi connectivity index (χ0v) is 11.4. The summed E-state index contributed by atoms with van der Waals surface area (Å²) in [7, 11) is 0. The number of nitrogens with zero attached hydrogens (tertiary/aromatic N) is 1. The van der Waals surface area contributed by atoms with Crippen molar-refractivity contribution < 1.29 is 4.79 Å². The zero-order chi connectivity index (χ0) is 13.8. The topological polar surface area (TPSA) is 84.4 Å². The first-order chi connectivity index (χ1) is 9.08. The number of likely N-dealkylation sites (tertiary alicyclic amines) is 1. The molecule has 5 heteroatoms. The molecule has 0 aromatic heterocycles. The monoisotopic (exact) mass is 262 g/mol. The largest absolute Gasteiger partial charge is 0.399 e. The number of benzene rings is 1. The third kappa shape index (κ3) is 3.38. The lowest BCUT2D eigenvalue weighted by molar-refractivity contribution is 0.0941. The van der Waals surface area contributed by atoms with E-state index in [1.807, 2.05) is 0 Å². The van der Waals surface area contributed by atoms with Gasteiger partial charge in [-0.1, -0.05) is 0 Å². The highest BCUT2D eigenvalue weighted by atomic mass is 16.1. The van der Waals surface area contributed by atoms with E-state index in [0.29, 0.717) is 29.5 Å². The van der Waals surface area contributed by atoms with Gasteiger partial charge in [0.15, 0.2) is 0 Å². The molecule has 5 nitrogen and oxygen atoms in total. The van der Waals surface area contributed by atoms with Gasteiger partial charge in [0.25, 0.3) is 5.91 Å². The number of nitrogen functional groups attached to an aromatic ring is 2. The van der Waals surface area contributed by atoms with Crippen LogP contribution in [0.25, 0.3) is 0 Å². The number of anilines is 2. The second-order valence-corrected chi connectivity index (χ2v) is 5.15. The van der Waals surface area contributed by atoms with Crippen LogP contribution in [0.15, 0.2) is 18.2 Å². The SMILES string of the molecule is CC(CNC(=O)c1ccc(N)cc1N)N1CCCC1. The fraction of sp³-hybridized carbons (Fsp3) is 0.500. The van der Waals surface area contributed by atoms with Gasteiger partial charge in [0.05, 0.1) is 5.56 Å². The summed E-state index contributed by atoms with van der Waals surface area (Å²) in [5.74, 6) is -0.136. The minimum atomic E-state index is -0.136. The van der Waals surface area contributed by atoms with Crippen LogP contribution in [0, 0.1) is 0 Å². The van der Waals surface area contributed by atoms with E-state index in [9.17, 15) is 4.79 Å². The van der Waals surface area contributed by atoms with Crippen molar-refractivity contribution in [1.29, 1.82) is 0 Å². The Morgan fingerprint density at radius 3 is 2.68 bits per heavy atom. The summed E-state index contributed by atoms with van der Waals surface area (Å²) in [5.41, 5.74) is 12.9. The highest BCUT2D eigenvalue weighted by Crippen LogP contribution is 2.16. The van der Waals surface area contributed by atoms with E-state index in [-0.39, 0.29) is 5.91 Å². The van der Waals surface area contributed by atoms with Crippen LogP contribution < -0.4 is 16.8 Å². The molecular weight excluding hydrogens is 240 g/mol. The third-order valence-corrected chi connectivity index (χ3v) is 3.64. The van der Waals surface area contributed by atoms with Crippen molar-refractivity contribution in [2.45, 2.75) is 25.8 Å². The molecule has 1 aliphatic heterocycles. The van der Waals surface area contributed by atoms with Crippen molar-refractivity contribution in [2.75, 3.05) is 31.1 Å². The van der Waals surface area contributed by atoms with Crippen molar-refractivity contribution in [1.82, 2.24) is 10.2 Å². The molecule has 1 aromatic rings. The zero-order valence-electron chi connectivity index (χ0n) is 11.4. The first-order valence-corrected chi connectivity index (χ1v) is 6.75. The lowest BCUT2D eigenvalue weighted by Gasteiger charge is -2.23. The maximum atomic E-state index is 12.0. The van der Waals surface area contributed by atoms with Crippen molar-refractivity contribution in [3.8, 4) is 0 Å². The second-order valence-electron chi connectivity index (χ2n) is 5.15. The van der Waals surface area contributed by atoms with Crippen LogP contribution in [-0.4, -0.2) is 36.5 Å². The second kappa shape index (κ2) is 5.93. The molecule has 0 bridgehead atoms. The first-order valence-electron chi connectivity index (χ1n) is 6.75. The van der Waals surface area contributed by atoms with E-state index < -0.39 is 0 Å². The molecule has 0 saturated carbocycles. The molecule has 5 N–H and O–H groups in total. The van der Waals surface area contributed by atoms with Gasteiger partial charge >= 0.3 is 0 Å². The minimum absolute atomic E-state index is 0.136. The van der Waals surface area contributed by atoms with Gasteiger partial charge in [-0.3, -0.25) is 9.69 Å². The molecule has 1 aliphatic rings. The Morgan fingerprint density at radius 1 is 1.37 bits per heavy atom. The lowest BCUT2D eigenvalue weighted by Crippen LogP contribution is -2.40. The van der Waals surface area contributed by atoms with Crippen LogP contribution in [0.4, 0.5) is 11.4 Å². The summed E-state index contributed by atoms with van der Waals surface area (Å²) in [4.78, 5) is 14.4.